The van der Waals surface area contributed by atoms with E-state index in [-0.39, 0.29) is 19.0 Å². The lowest BCUT2D eigenvalue weighted by atomic mass is 10.1. The monoisotopic (exact) mass is 404 g/mol. The first-order valence-corrected chi connectivity index (χ1v) is 8.61. The number of benzene rings is 1. The van der Waals surface area contributed by atoms with E-state index in [4.69, 9.17) is 0 Å². The van der Waals surface area contributed by atoms with Gasteiger partial charge in [0.15, 0.2) is 0 Å². The minimum Gasteiger partial charge on any atom is -0.465 e. The molecule has 144 valence electrons. The van der Waals surface area contributed by atoms with Crippen LogP contribution in [0, 0.1) is 0 Å². The molecule has 0 aliphatic rings. The standard InChI is InChI=1S/C14H19F3N2O4S.ClH/c1-3-6-18-7-8-19-24(21,22)10-4-5-11(13(20)23-2)12(9-10)14(15,16)17;/h4-5,9,18-19H,3,6-8H2,1-2H3;1H. The van der Waals surface area contributed by atoms with Crippen molar-refractivity contribution < 1.29 is 31.1 Å². The van der Waals surface area contributed by atoms with E-state index < -0.39 is 38.2 Å². The number of halogens is 4. The van der Waals surface area contributed by atoms with Crippen LogP contribution in [0.25, 0.3) is 0 Å². The molecule has 0 amide bonds. The number of hydrogen-bond acceptors (Lipinski definition) is 5. The summed E-state index contributed by atoms with van der Waals surface area (Å²) in [6.07, 6.45) is -4.02. The highest BCUT2D eigenvalue weighted by Crippen LogP contribution is 2.33. The summed E-state index contributed by atoms with van der Waals surface area (Å²) in [5.74, 6) is -1.19. The third-order valence-electron chi connectivity index (χ3n) is 3.03. The van der Waals surface area contributed by atoms with Gasteiger partial charge in [-0.15, -0.1) is 12.4 Å². The van der Waals surface area contributed by atoms with Crippen LogP contribution in [0.4, 0.5) is 13.2 Å². The highest BCUT2D eigenvalue weighted by molar-refractivity contribution is 7.89. The van der Waals surface area contributed by atoms with E-state index in [1.165, 1.54) is 0 Å². The number of esters is 1. The number of carbonyl (C=O) groups is 1. The molecule has 0 atom stereocenters. The second-order valence-corrected chi connectivity index (χ2v) is 6.61. The highest BCUT2D eigenvalue weighted by atomic mass is 35.5. The third-order valence-corrected chi connectivity index (χ3v) is 4.49. The van der Waals surface area contributed by atoms with Crippen LogP contribution < -0.4 is 10.0 Å². The molecule has 1 rings (SSSR count). The van der Waals surface area contributed by atoms with Crippen LogP contribution in [0.2, 0.25) is 0 Å². The van der Waals surface area contributed by atoms with Gasteiger partial charge in [-0.05, 0) is 31.2 Å². The van der Waals surface area contributed by atoms with Gasteiger partial charge in [0.05, 0.1) is 23.1 Å². The van der Waals surface area contributed by atoms with Gasteiger partial charge in [0.25, 0.3) is 0 Å². The molecule has 1 aromatic carbocycles. The van der Waals surface area contributed by atoms with Crippen LogP contribution in [0.5, 0.6) is 0 Å². The number of methoxy groups -OCH3 is 1. The number of ether oxygens (including phenoxy) is 1. The number of rotatable bonds is 8. The van der Waals surface area contributed by atoms with Crippen LogP contribution in [0.3, 0.4) is 0 Å². The minimum absolute atomic E-state index is 0. The van der Waals surface area contributed by atoms with E-state index in [0.717, 1.165) is 25.7 Å². The molecular weight excluding hydrogens is 385 g/mol. The molecule has 0 heterocycles. The fraction of sp³-hybridized carbons (Fsp3) is 0.500. The Labute approximate surface area is 150 Å². The summed E-state index contributed by atoms with van der Waals surface area (Å²) in [5, 5.41) is 2.96. The van der Waals surface area contributed by atoms with E-state index in [1.807, 2.05) is 6.92 Å². The normalized spacial score (nSPS) is 11.7. The molecule has 0 aliphatic heterocycles. The maximum atomic E-state index is 13.1. The topological polar surface area (TPSA) is 84.5 Å². The Balaban J connectivity index is 0.00000576. The first kappa shape index (κ1) is 23.6. The molecule has 0 spiro atoms. The maximum absolute atomic E-state index is 13.1. The highest BCUT2D eigenvalue weighted by Gasteiger charge is 2.37. The van der Waals surface area contributed by atoms with Crippen LogP contribution >= 0.6 is 12.4 Å². The van der Waals surface area contributed by atoms with Gasteiger partial charge in [0, 0.05) is 13.1 Å². The summed E-state index contributed by atoms with van der Waals surface area (Å²) in [7, 11) is -3.18. The number of nitrogens with one attached hydrogen (secondary N) is 2. The van der Waals surface area contributed by atoms with Gasteiger partial charge in [-0.2, -0.15) is 13.2 Å². The zero-order valence-corrected chi connectivity index (χ0v) is 15.3. The molecule has 1 aromatic rings. The van der Waals surface area contributed by atoms with Gasteiger partial charge >= 0.3 is 12.1 Å². The van der Waals surface area contributed by atoms with Crippen molar-refractivity contribution in [3.63, 3.8) is 0 Å². The summed E-state index contributed by atoms with van der Waals surface area (Å²) in [4.78, 5) is 10.8. The van der Waals surface area contributed by atoms with Gasteiger partial charge < -0.3 is 10.1 Å². The molecule has 0 saturated heterocycles. The average Bonchev–Trinajstić information content (AvgIpc) is 2.52. The van der Waals surface area contributed by atoms with Crippen LogP contribution in [0.1, 0.15) is 29.3 Å². The van der Waals surface area contributed by atoms with Crippen molar-refractivity contribution in [2.24, 2.45) is 0 Å². The van der Waals surface area contributed by atoms with Crippen molar-refractivity contribution in [3.05, 3.63) is 29.3 Å². The molecule has 11 heteroatoms. The predicted molar refractivity (Wildman–Crippen MR) is 88.4 cm³/mol. The van der Waals surface area contributed by atoms with Crippen LogP contribution in [-0.2, 0) is 20.9 Å². The number of carbonyl (C=O) groups excluding carboxylic acids is 1. The molecule has 0 saturated carbocycles. The van der Waals surface area contributed by atoms with Crippen molar-refractivity contribution in [1.82, 2.24) is 10.0 Å². The summed E-state index contributed by atoms with van der Waals surface area (Å²) >= 11 is 0. The van der Waals surface area contributed by atoms with Crippen molar-refractivity contribution in [2.45, 2.75) is 24.4 Å². The first-order chi connectivity index (χ1) is 11.1. The Hall–Kier alpha value is -1.36. The van der Waals surface area contributed by atoms with Crippen LogP contribution in [0.15, 0.2) is 23.1 Å². The molecule has 0 aromatic heterocycles. The molecular formula is C14H20ClF3N2O4S. The smallest absolute Gasteiger partial charge is 0.417 e. The Morgan fingerprint density at radius 1 is 1.20 bits per heavy atom. The quantitative estimate of drug-likeness (QED) is 0.512. The van der Waals surface area contributed by atoms with E-state index in [1.54, 1.807) is 0 Å². The number of sulfonamides is 1. The van der Waals surface area contributed by atoms with Crippen molar-refractivity contribution >= 4 is 28.4 Å². The number of alkyl halides is 3. The molecule has 2 N–H and O–H groups in total. The van der Waals surface area contributed by atoms with E-state index in [9.17, 15) is 26.4 Å². The van der Waals surface area contributed by atoms with Gasteiger partial charge in [0.1, 0.15) is 0 Å². The summed E-state index contributed by atoms with van der Waals surface area (Å²) in [6, 6.07) is 2.15. The number of hydrogen-bond donors (Lipinski definition) is 2. The largest absolute Gasteiger partial charge is 0.465 e. The SMILES string of the molecule is CCCNCCNS(=O)(=O)c1ccc(C(=O)OC)c(C(F)(F)F)c1.Cl. The van der Waals surface area contributed by atoms with Crippen molar-refractivity contribution in [1.29, 1.82) is 0 Å². The Morgan fingerprint density at radius 2 is 1.84 bits per heavy atom. The van der Waals surface area contributed by atoms with E-state index in [0.29, 0.717) is 19.2 Å². The van der Waals surface area contributed by atoms with Gasteiger partial charge in [-0.3, -0.25) is 0 Å². The fourth-order valence-electron chi connectivity index (χ4n) is 1.87. The predicted octanol–water partition coefficient (Wildman–Crippen LogP) is 2.19. The fourth-order valence-corrected chi connectivity index (χ4v) is 2.93. The minimum atomic E-state index is -4.89. The molecule has 0 unspecified atom stereocenters. The zero-order chi connectivity index (χ0) is 18.4. The molecule has 0 aliphatic carbocycles. The van der Waals surface area contributed by atoms with Gasteiger partial charge in [-0.25, -0.2) is 17.9 Å². The lowest BCUT2D eigenvalue weighted by molar-refractivity contribution is -0.138. The van der Waals surface area contributed by atoms with Gasteiger partial charge in [0.2, 0.25) is 10.0 Å². The maximum Gasteiger partial charge on any atom is 0.417 e. The molecule has 0 fully saturated rings. The summed E-state index contributed by atoms with van der Waals surface area (Å²) < 4.78 is 69.8. The lowest BCUT2D eigenvalue weighted by Gasteiger charge is -2.14. The molecule has 0 bridgehead atoms. The Bertz CT molecular complexity index is 681. The third kappa shape index (κ3) is 6.81. The molecule has 0 radical (unpaired) electrons. The van der Waals surface area contributed by atoms with Crippen molar-refractivity contribution in [3.8, 4) is 0 Å². The van der Waals surface area contributed by atoms with Crippen molar-refractivity contribution in [2.75, 3.05) is 26.7 Å². The van der Waals surface area contributed by atoms with E-state index in [2.05, 4.69) is 14.8 Å². The summed E-state index contributed by atoms with van der Waals surface area (Å²) in [6.45, 7) is 3.02. The Kier molecular flexibility index (Phi) is 9.41. The average molecular weight is 405 g/mol. The van der Waals surface area contributed by atoms with Crippen LogP contribution in [-0.4, -0.2) is 41.1 Å². The summed E-state index contributed by atoms with van der Waals surface area (Å²) in [5.41, 5.74) is -2.10. The van der Waals surface area contributed by atoms with E-state index >= 15 is 0 Å². The first-order valence-electron chi connectivity index (χ1n) is 7.13. The lowest BCUT2D eigenvalue weighted by Crippen LogP contribution is -2.32. The van der Waals surface area contributed by atoms with Gasteiger partial charge in [-0.1, -0.05) is 6.92 Å². The second-order valence-electron chi connectivity index (χ2n) is 4.84. The molecule has 6 nitrogen and oxygen atoms in total. The second kappa shape index (κ2) is 9.95. The molecule has 25 heavy (non-hydrogen) atoms. The zero-order valence-electron chi connectivity index (χ0n) is 13.6. The Morgan fingerprint density at radius 3 is 2.36 bits per heavy atom.